The van der Waals surface area contributed by atoms with Crippen molar-refractivity contribution in [1.82, 2.24) is 0 Å². The molecule has 0 atom stereocenters. The molecule has 2 heterocycles. The summed E-state index contributed by atoms with van der Waals surface area (Å²) < 4.78 is 87.9. The summed E-state index contributed by atoms with van der Waals surface area (Å²) in [5.74, 6) is -9.63. The molecular weight excluding hydrogens is 1630 g/mol. The van der Waals surface area contributed by atoms with Crippen LogP contribution in [0.5, 0.6) is 0 Å². The van der Waals surface area contributed by atoms with Gasteiger partial charge in [-0.3, -0.25) is 57.5 Å². The van der Waals surface area contributed by atoms with Crippen LogP contribution in [-0.2, 0) is 133 Å². The van der Waals surface area contributed by atoms with Gasteiger partial charge in [-0.15, -0.1) is 0 Å². The first kappa shape index (κ1) is 98.2. The molecule has 0 amide bonds. The fourth-order valence-corrected chi connectivity index (χ4v) is 21.4. The molecule has 0 radical (unpaired) electrons. The Labute approximate surface area is 709 Å². The van der Waals surface area contributed by atoms with Crippen LogP contribution in [0.2, 0.25) is 10.1 Å². The molecule has 0 spiro atoms. The zero-order chi connectivity index (χ0) is 88.5. The van der Waals surface area contributed by atoms with E-state index in [4.69, 9.17) is 95.6 Å². The molecule has 0 aromatic heterocycles. The van der Waals surface area contributed by atoms with E-state index in [1.54, 1.807) is 0 Å². The number of aliphatic hydroxyl groups excluding tert-OH is 4. The van der Waals surface area contributed by atoms with Crippen LogP contribution in [-0.4, -0.2) is 225 Å². The van der Waals surface area contributed by atoms with Crippen molar-refractivity contribution in [2.75, 3.05) is 79.3 Å². The third kappa shape index (κ3) is 32.1. The van der Waals surface area contributed by atoms with Crippen molar-refractivity contribution >= 4 is 109 Å². The number of carbonyl (C=O) groups excluding carboxylic acids is 12. The van der Waals surface area contributed by atoms with Crippen LogP contribution in [0.3, 0.4) is 0 Å². The van der Waals surface area contributed by atoms with Crippen molar-refractivity contribution in [1.29, 1.82) is 0 Å². The molecule has 6 aromatic carbocycles. The van der Waals surface area contributed by atoms with Crippen LogP contribution in [0, 0.1) is 0 Å². The number of carbonyl (C=O) groups is 12. The zero-order valence-corrected chi connectivity index (χ0v) is 71.1. The Morgan fingerprint density at radius 3 is 0.730 bits per heavy atom. The van der Waals surface area contributed by atoms with E-state index < -0.39 is 239 Å². The fourth-order valence-electron chi connectivity index (χ4n) is 12.7. The molecule has 6 aromatic rings. The predicted molar refractivity (Wildman–Crippen MR) is 436 cm³/mol. The second-order valence-electron chi connectivity index (χ2n) is 30.2. The highest BCUT2D eigenvalue weighted by atomic mass is 28.4. The maximum atomic E-state index is 13.7. The topological polar surface area (TPSA) is 433 Å². The van der Waals surface area contributed by atoms with Gasteiger partial charge in [0.15, 0.2) is 24.8 Å². The summed E-state index contributed by atoms with van der Waals surface area (Å²) in [6.45, 7) is 7.56. The average molecular weight is 1730 g/mol. The molecule has 34 heteroatoms. The van der Waals surface area contributed by atoms with Crippen molar-refractivity contribution in [2.24, 2.45) is 0 Å². The molecule has 0 unspecified atom stereocenters. The lowest BCUT2D eigenvalue weighted by molar-refractivity contribution is -0.229. The van der Waals surface area contributed by atoms with Crippen LogP contribution < -0.4 is 20.7 Å². The number of rotatable bonds is 44. The maximum Gasteiger partial charge on any atom is 0.323 e. The summed E-state index contributed by atoms with van der Waals surface area (Å²) >= 11 is 0. The number of hydrogen-bond acceptors (Lipinski definition) is 32. The van der Waals surface area contributed by atoms with Gasteiger partial charge in [0.25, 0.3) is 11.9 Å². The van der Waals surface area contributed by atoms with E-state index in [9.17, 15) is 57.5 Å². The minimum atomic E-state index is -3.26. The molecule has 2 aliphatic heterocycles. The first-order chi connectivity index (χ1) is 58.5. The molecule has 8 rings (SSSR count). The molecule has 2 aliphatic rings. The quantitative estimate of drug-likeness (QED) is 0.0194. The monoisotopic (exact) mass is 1730 g/mol. The van der Waals surface area contributed by atoms with Crippen molar-refractivity contribution < 1.29 is 153 Å². The smallest absolute Gasteiger partial charge is 0.323 e. The van der Waals surface area contributed by atoms with E-state index in [1.807, 2.05) is 224 Å². The van der Waals surface area contributed by atoms with Gasteiger partial charge in [-0.05, 0) is 30.8 Å². The number of ether oxygens (including phenoxy) is 14. The Bertz CT molecular complexity index is 4040. The maximum absolute atomic E-state index is 13.7. The number of hydrogen-bond donors (Lipinski definition) is 4. The first-order valence-corrected chi connectivity index (χ1v) is 43.7. The Balaban J connectivity index is 0.000000346. The van der Waals surface area contributed by atoms with Crippen LogP contribution in [0.1, 0.15) is 142 Å². The number of benzene rings is 6. The first-order valence-electron chi connectivity index (χ1n) is 39.9. The fraction of sp³-hybridized carbons (Fsp3) is 0.455. The van der Waals surface area contributed by atoms with Gasteiger partial charge in [0.1, 0.15) is 50.8 Å². The SMILES string of the molecule is CC(C)(C)[Si](OC(=O)CCC(=O)OC(COC(=O)CCC(=O)OC(CO)CO)COC(=O)CCC(=O)OC(CO)CO)(c1ccccc1)c1ccccc1.CC(C)(C)[Si](OC(=O)CCC(=O)OC(COC(=O)CCC(=O)OC1COC(c2ccccc2)OC1)COC(=O)CCC(=O)OC1COC(c2ccccc2)OC1)(c1ccccc1)c1ccccc1. The molecular formula is C88H108O32Si2. The Hall–Kier alpha value is -10.9. The summed E-state index contributed by atoms with van der Waals surface area (Å²) in [6, 6.07) is 56.5. The summed E-state index contributed by atoms with van der Waals surface area (Å²) in [5.41, 5.74) is 1.65. The minimum absolute atomic E-state index is 0.0971. The standard InChI is InChI=1S/C51H58O16Si.C37H50O16Si/c1-51(2,3)68(41-20-12-6-13-21-41,42-22-14-7-15-23-42)67-48(57)29-28-47(56)64-38(30-58-43(52)24-26-45(54)65-39-32-60-49(61-33-39)36-16-8-4-9-17-36)31-59-44(53)25-27-46(55)66-40-34-62-50(63-35-40)37-18-10-5-11-19-37;1-37(2,3)54(29-10-6-4-7-11-29,30-12-8-5-9-13-30)53-36(47)19-18-35(46)52-28(24-48-31(42)14-16-33(44)50-26(20-38)21-39)25-49-32(43)15-17-34(45)51-27(22-40)23-41/h4-23,38-40,49-50H,24-35H2,1-3H3;4-13,26-28,38-41H,14-25H2,1-3H3. The highest BCUT2D eigenvalue weighted by Crippen LogP contribution is 2.39. The van der Waals surface area contributed by atoms with Crippen LogP contribution in [0.4, 0.5) is 0 Å². The lowest BCUT2D eigenvalue weighted by Gasteiger charge is -2.42. The molecule has 660 valence electrons. The lowest BCUT2D eigenvalue weighted by Crippen LogP contribution is -2.67. The largest absolute Gasteiger partial charge is 0.510 e. The summed E-state index contributed by atoms with van der Waals surface area (Å²) in [4.78, 5) is 153. The molecule has 0 bridgehead atoms. The molecule has 0 aliphatic carbocycles. The van der Waals surface area contributed by atoms with Crippen molar-refractivity contribution in [3.8, 4) is 0 Å². The van der Waals surface area contributed by atoms with Crippen LogP contribution in [0.15, 0.2) is 182 Å². The Morgan fingerprint density at radius 2 is 0.500 bits per heavy atom. The molecule has 122 heavy (non-hydrogen) atoms. The van der Waals surface area contributed by atoms with Gasteiger partial charge in [0.05, 0.1) is 130 Å². The minimum Gasteiger partial charge on any atom is -0.510 e. The van der Waals surface area contributed by atoms with Crippen molar-refractivity contribution in [3.05, 3.63) is 193 Å². The third-order valence-corrected chi connectivity index (χ3v) is 28.6. The molecule has 2 fully saturated rings. The summed E-state index contributed by atoms with van der Waals surface area (Å²) in [5, 5.41) is 38.6. The number of aliphatic hydroxyl groups is 4. The van der Waals surface area contributed by atoms with Gasteiger partial charge in [-0.1, -0.05) is 224 Å². The Morgan fingerprint density at radius 1 is 0.295 bits per heavy atom. The summed E-state index contributed by atoms with van der Waals surface area (Å²) in [6.07, 6.45) is -12.3. The van der Waals surface area contributed by atoms with Gasteiger partial charge in [-0.25, -0.2) is 0 Å². The highest BCUT2D eigenvalue weighted by Gasteiger charge is 2.54. The zero-order valence-electron chi connectivity index (χ0n) is 69.1. The predicted octanol–water partition coefficient (Wildman–Crippen LogP) is 5.96. The van der Waals surface area contributed by atoms with E-state index in [0.717, 1.165) is 31.9 Å². The van der Waals surface area contributed by atoms with E-state index in [1.165, 1.54) is 0 Å². The van der Waals surface area contributed by atoms with Crippen molar-refractivity contribution in [2.45, 2.75) is 178 Å². The lowest BCUT2D eigenvalue weighted by atomic mass is 10.2. The van der Waals surface area contributed by atoms with Gasteiger partial charge in [-0.2, -0.15) is 0 Å². The molecule has 32 nitrogen and oxygen atoms in total. The van der Waals surface area contributed by atoms with Gasteiger partial charge in [0, 0.05) is 11.1 Å². The normalized spacial score (nSPS) is 15.6. The van der Waals surface area contributed by atoms with E-state index in [2.05, 4.69) is 0 Å². The van der Waals surface area contributed by atoms with Gasteiger partial charge < -0.3 is 95.6 Å². The van der Waals surface area contributed by atoms with E-state index in [0.29, 0.717) is 0 Å². The molecule has 2 saturated heterocycles. The summed E-state index contributed by atoms with van der Waals surface area (Å²) in [7, 11) is -6.52. The Kier molecular flexibility index (Phi) is 40.6. The second-order valence-corrected chi connectivity index (χ2v) is 38.7. The van der Waals surface area contributed by atoms with Crippen LogP contribution in [0.25, 0.3) is 0 Å². The molecule has 4 N–H and O–H groups in total. The van der Waals surface area contributed by atoms with Gasteiger partial charge in [0.2, 0.25) is 0 Å². The van der Waals surface area contributed by atoms with E-state index in [-0.39, 0.29) is 65.0 Å². The average Bonchev–Trinajstić information content (AvgIpc) is 0.749. The van der Waals surface area contributed by atoms with Crippen molar-refractivity contribution in [3.63, 3.8) is 0 Å². The van der Waals surface area contributed by atoms with Crippen LogP contribution >= 0.6 is 0 Å². The van der Waals surface area contributed by atoms with E-state index >= 15 is 0 Å². The highest BCUT2D eigenvalue weighted by molar-refractivity contribution is 7.01. The third-order valence-electron chi connectivity index (χ3n) is 18.8. The molecule has 0 saturated carbocycles. The second kappa shape index (κ2) is 50.5. The number of esters is 10. The van der Waals surface area contributed by atoms with Gasteiger partial charge >= 0.3 is 76.3 Å².